The zero-order valence-electron chi connectivity index (χ0n) is 12.0. The van der Waals surface area contributed by atoms with E-state index in [2.05, 4.69) is 9.44 Å². The van der Waals surface area contributed by atoms with Gasteiger partial charge in [-0.25, -0.2) is 4.72 Å². The molecule has 1 aromatic carbocycles. The van der Waals surface area contributed by atoms with E-state index in [0.29, 0.717) is 31.0 Å². The molecule has 1 unspecified atom stereocenters. The third kappa shape index (κ3) is 3.93. The fourth-order valence-electron chi connectivity index (χ4n) is 2.12. The molecule has 0 spiro atoms. The molecule has 1 aliphatic heterocycles. The van der Waals surface area contributed by atoms with Crippen molar-refractivity contribution in [3.05, 3.63) is 29.8 Å². The van der Waals surface area contributed by atoms with Crippen LogP contribution < -0.4 is 9.44 Å². The van der Waals surface area contributed by atoms with Gasteiger partial charge in [-0.3, -0.25) is 9.52 Å². The second-order valence-corrected chi connectivity index (χ2v) is 6.43. The first-order valence-electron chi connectivity index (χ1n) is 6.63. The molecule has 8 heteroatoms. The number of hydrogen-bond acceptors (Lipinski definition) is 4. The molecule has 0 aromatic heterocycles. The highest BCUT2D eigenvalue weighted by Crippen LogP contribution is 2.16. The third-order valence-electron chi connectivity index (χ3n) is 3.26. The molecule has 1 heterocycles. The summed E-state index contributed by atoms with van der Waals surface area (Å²) in [5.41, 5.74) is 0.788. The van der Waals surface area contributed by atoms with Gasteiger partial charge < -0.3 is 9.64 Å². The van der Waals surface area contributed by atoms with E-state index < -0.39 is 10.2 Å². The van der Waals surface area contributed by atoms with Crippen LogP contribution in [0.5, 0.6) is 0 Å². The van der Waals surface area contributed by atoms with Crippen LogP contribution in [0.2, 0.25) is 0 Å². The maximum absolute atomic E-state index is 12.5. The first kappa shape index (κ1) is 15.7. The van der Waals surface area contributed by atoms with E-state index in [1.807, 2.05) is 6.92 Å². The fraction of sp³-hybridized carbons (Fsp3) is 0.462. The van der Waals surface area contributed by atoms with Crippen LogP contribution in [0.3, 0.4) is 0 Å². The minimum absolute atomic E-state index is 0.00362. The molecule has 1 saturated heterocycles. The summed E-state index contributed by atoms with van der Waals surface area (Å²) < 4.78 is 32.7. The summed E-state index contributed by atoms with van der Waals surface area (Å²) >= 11 is 0. The predicted octanol–water partition coefficient (Wildman–Crippen LogP) is 0.424. The van der Waals surface area contributed by atoms with Gasteiger partial charge in [-0.2, -0.15) is 8.42 Å². The Bertz CT molecular complexity index is 618. The number of rotatable bonds is 4. The Morgan fingerprint density at radius 1 is 1.43 bits per heavy atom. The number of nitrogens with one attached hydrogen (secondary N) is 2. The average molecular weight is 313 g/mol. The number of anilines is 1. The standard InChI is InChI=1S/C13H19N3O4S/c1-10-9-20-7-6-16(10)13(17)11-4-3-5-12(8-11)15-21(18,19)14-2/h3-5,8,10,14-15H,6-7,9H2,1-2H3. The topological polar surface area (TPSA) is 87.7 Å². The van der Waals surface area contributed by atoms with Crippen LogP contribution in [0.25, 0.3) is 0 Å². The van der Waals surface area contributed by atoms with E-state index in [0.717, 1.165) is 0 Å². The zero-order chi connectivity index (χ0) is 15.5. The number of morpholine rings is 1. The van der Waals surface area contributed by atoms with Gasteiger partial charge in [-0.05, 0) is 25.1 Å². The summed E-state index contributed by atoms with van der Waals surface area (Å²) in [4.78, 5) is 14.2. The predicted molar refractivity (Wildman–Crippen MR) is 79.4 cm³/mol. The summed E-state index contributed by atoms with van der Waals surface area (Å²) in [6.45, 7) is 3.48. The minimum Gasteiger partial charge on any atom is -0.377 e. The van der Waals surface area contributed by atoms with Crippen LogP contribution in [-0.2, 0) is 14.9 Å². The molecule has 2 rings (SSSR count). The van der Waals surface area contributed by atoms with E-state index in [-0.39, 0.29) is 11.9 Å². The SMILES string of the molecule is CNS(=O)(=O)Nc1cccc(C(=O)N2CCOCC2C)c1. The second-order valence-electron chi connectivity index (χ2n) is 4.81. The number of amides is 1. The Morgan fingerprint density at radius 2 is 2.19 bits per heavy atom. The first-order chi connectivity index (χ1) is 9.93. The normalized spacial score (nSPS) is 19.3. The van der Waals surface area contributed by atoms with Gasteiger partial charge in [-0.1, -0.05) is 6.07 Å². The van der Waals surface area contributed by atoms with Crippen LogP contribution in [-0.4, -0.2) is 52.1 Å². The van der Waals surface area contributed by atoms with Crippen LogP contribution in [0.15, 0.2) is 24.3 Å². The fourth-order valence-corrected chi connectivity index (χ4v) is 2.66. The highest BCUT2D eigenvalue weighted by atomic mass is 32.2. The number of carbonyl (C=O) groups excluding carboxylic acids is 1. The van der Waals surface area contributed by atoms with Gasteiger partial charge in [0.05, 0.1) is 24.9 Å². The molecule has 1 aliphatic rings. The lowest BCUT2D eigenvalue weighted by molar-refractivity contribution is 0.00360. The van der Waals surface area contributed by atoms with Gasteiger partial charge in [0, 0.05) is 19.2 Å². The lowest BCUT2D eigenvalue weighted by Gasteiger charge is -2.33. The number of benzene rings is 1. The van der Waals surface area contributed by atoms with Crippen molar-refractivity contribution in [3.8, 4) is 0 Å². The molecule has 1 aromatic rings. The molecule has 0 aliphatic carbocycles. The molecule has 7 nitrogen and oxygen atoms in total. The molecule has 2 N–H and O–H groups in total. The van der Waals surface area contributed by atoms with E-state index in [1.54, 1.807) is 23.1 Å². The molecule has 116 valence electrons. The van der Waals surface area contributed by atoms with Crippen molar-refractivity contribution in [1.29, 1.82) is 0 Å². The largest absolute Gasteiger partial charge is 0.377 e. The van der Waals surface area contributed by atoms with Gasteiger partial charge in [0.1, 0.15) is 0 Å². The smallest absolute Gasteiger partial charge is 0.298 e. The van der Waals surface area contributed by atoms with Crippen molar-refractivity contribution >= 4 is 21.8 Å². The highest BCUT2D eigenvalue weighted by molar-refractivity contribution is 7.90. The van der Waals surface area contributed by atoms with Crippen molar-refractivity contribution < 1.29 is 17.9 Å². The molecule has 1 amide bonds. The van der Waals surface area contributed by atoms with E-state index in [9.17, 15) is 13.2 Å². The molecule has 0 radical (unpaired) electrons. The summed E-state index contributed by atoms with van der Waals surface area (Å²) in [7, 11) is -2.28. The number of ether oxygens (including phenoxy) is 1. The Balaban J connectivity index is 2.18. The Labute approximate surface area is 124 Å². The van der Waals surface area contributed by atoms with Gasteiger partial charge in [0.15, 0.2) is 0 Å². The first-order valence-corrected chi connectivity index (χ1v) is 8.11. The van der Waals surface area contributed by atoms with Crippen LogP contribution in [0.1, 0.15) is 17.3 Å². The molecule has 1 atom stereocenters. The molecule has 0 saturated carbocycles. The van der Waals surface area contributed by atoms with Gasteiger partial charge in [-0.15, -0.1) is 0 Å². The molecule has 0 bridgehead atoms. The highest BCUT2D eigenvalue weighted by Gasteiger charge is 2.24. The van der Waals surface area contributed by atoms with E-state index >= 15 is 0 Å². The third-order valence-corrected chi connectivity index (χ3v) is 4.30. The van der Waals surface area contributed by atoms with Crippen molar-refractivity contribution in [3.63, 3.8) is 0 Å². The van der Waals surface area contributed by atoms with Crippen LogP contribution in [0.4, 0.5) is 5.69 Å². The summed E-state index contributed by atoms with van der Waals surface area (Å²) in [6, 6.07) is 6.44. The lowest BCUT2D eigenvalue weighted by Crippen LogP contribution is -2.47. The lowest BCUT2D eigenvalue weighted by atomic mass is 10.1. The van der Waals surface area contributed by atoms with Crippen molar-refractivity contribution in [1.82, 2.24) is 9.62 Å². The maximum atomic E-state index is 12.5. The zero-order valence-corrected chi connectivity index (χ0v) is 12.8. The summed E-state index contributed by atoms with van der Waals surface area (Å²) in [5.74, 6) is -0.128. The van der Waals surface area contributed by atoms with Gasteiger partial charge in [0.2, 0.25) is 0 Å². The monoisotopic (exact) mass is 313 g/mol. The van der Waals surface area contributed by atoms with Gasteiger partial charge >= 0.3 is 0 Å². The number of carbonyl (C=O) groups is 1. The van der Waals surface area contributed by atoms with E-state index in [1.165, 1.54) is 13.1 Å². The quantitative estimate of drug-likeness (QED) is 0.843. The van der Waals surface area contributed by atoms with Gasteiger partial charge in [0.25, 0.3) is 16.1 Å². The molecule has 1 fully saturated rings. The maximum Gasteiger partial charge on any atom is 0.298 e. The van der Waals surface area contributed by atoms with Crippen LogP contribution >= 0.6 is 0 Å². The van der Waals surface area contributed by atoms with Crippen LogP contribution in [0, 0.1) is 0 Å². The molecule has 21 heavy (non-hydrogen) atoms. The molecular weight excluding hydrogens is 294 g/mol. The summed E-state index contributed by atoms with van der Waals surface area (Å²) in [6.07, 6.45) is 0. The van der Waals surface area contributed by atoms with Crippen molar-refractivity contribution in [2.75, 3.05) is 31.5 Å². The van der Waals surface area contributed by atoms with Crippen molar-refractivity contribution in [2.24, 2.45) is 0 Å². The number of nitrogens with zero attached hydrogens (tertiary/aromatic N) is 1. The summed E-state index contributed by atoms with van der Waals surface area (Å²) in [5, 5.41) is 0. The molecular formula is C13H19N3O4S. The Hall–Kier alpha value is -1.64. The number of hydrogen-bond donors (Lipinski definition) is 2. The Kier molecular flexibility index (Phi) is 4.81. The Morgan fingerprint density at radius 3 is 2.86 bits per heavy atom. The average Bonchev–Trinajstić information content (AvgIpc) is 2.47. The van der Waals surface area contributed by atoms with Crippen molar-refractivity contribution in [2.45, 2.75) is 13.0 Å². The van der Waals surface area contributed by atoms with E-state index in [4.69, 9.17) is 4.74 Å². The second kappa shape index (κ2) is 6.42. The minimum atomic E-state index is -3.60.